The van der Waals surface area contributed by atoms with Gasteiger partial charge in [0.25, 0.3) is 0 Å². The number of aliphatic imine (C=N–C) groups is 1. The van der Waals surface area contributed by atoms with E-state index < -0.39 is 0 Å². The second-order valence-corrected chi connectivity index (χ2v) is 14.8. The summed E-state index contributed by atoms with van der Waals surface area (Å²) in [6.07, 6.45) is 0. The number of fused-ring (bicyclic) bond motifs is 6. The van der Waals surface area contributed by atoms with Crippen LogP contribution in [0.3, 0.4) is 0 Å². The van der Waals surface area contributed by atoms with E-state index in [0.29, 0.717) is 0 Å². The van der Waals surface area contributed by atoms with Gasteiger partial charge in [-0.05, 0) is 81.9 Å². The molecule has 2 aromatic heterocycles. The quantitative estimate of drug-likeness (QED) is 0.168. The van der Waals surface area contributed by atoms with Crippen LogP contribution in [0.1, 0.15) is 29.7 Å². The van der Waals surface area contributed by atoms with E-state index >= 15 is 0 Å². The van der Waals surface area contributed by atoms with E-state index in [9.17, 15) is 0 Å². The highest BCUT2D eigenvalue weighted by Gasteiger charge is 2.20. The normalized spacial score (nSPS) is 14.4. The molecule has 0 saturated heterocycles. The third-order valence-electron chi connectivity index (χ3n) is 11.4. The van der Waals surface area contributed by atoms with E-state index in [4.69, 9.17) is 14.7 Å². The summed E-state index contributed by atoms with van der Waals surface area (Å²) >= 11 is 0. The summed E-state index contributed by atoms with van der Waals surface area (Å²) < 4.78 is 9.22. The highest BCUT2D eigenvalue weighted by atomic mass is 16.3. The van der Waals surface area contributed by atoms with E-state index in [-0.39, 0.29) is 6.04 Å². The molecule has 3 heterocycles. The molecule has 270 valence electrons. The molecule has 8 aromatic carbocycles. The average Bonchev–Trinajstić information content (AvgIpc) is 3.82. The van der Waals surface area contributed by atoms with Crippen LogP contribution in [0, 0.1) is 0 Å². The van der Waals surface area contributed by atoms with Gasteiger partial charge in [0.1, 0.15) is 5.58 Å². The van der Waals surface area contributed by atoms with Crippen molar-refractivity contribution in [1.82, 2.24) is 4.57 Å². The third-order valence-corrected chi connectivity index (χ3v) is 11.4. The van der Waals surface area contributed by atoms with Crippen molar-refractivity contribution in [2.24, 2.45) is 4.99 Å². The Kier molecular flexibility index (Phi) is 7.75. The topological polar surface area (TPSA) is 44.5 Å². The summed E-state index contributed by atoms with van der Waals surface area (Å²) in [7, 11) is 0. The molecular formula is C53H36N3O-. The van der Waals surface area contributed by atoms with Crippen LogP contribution < -0.4 is 0 Å². The fraction of sp³-hybridized carbons (Fsp3) is 0.0377. The van der Waals surface area contributed by atoms with Crippen molar-refractivity contribution in [3.05, 3.63) is 222 Å². The molecule has 4 heteroatoms. The summed E-state index contributed by atoms with van der Waals surface area (Å²) in [5.41, 5.74) is 15.0. The first kappa shape index (κ1) is 33.0. The molecule has 1 atom stereocenters. The molecule has 0 saturated carbocycles. The van der Waals surface area contributed by atoms with Gasteiger partial charge >= 0.3 is 0 Å². The number of hydrogen-bond donors (Lipinski definition) is 0. The first-order valence-corrected chi connectivity index (χ1v) is 19.4. The summed E-state index contributed by atoms with van der Waals surface area (Å²) in [6, 6.07) is 68.4. The maximum absolute atomic E-state index is 6.86. The number of rotatable bonds is 6. The van der Waals surface area contributed by atoms with Crippen molar-refractivity contribution < 1.29 is 4.42 Å². The number of hydrogen-bond acceptors (Lipinski definition) is 2. The lowest BCUT2D eigenvalue weighted by Crippen LogP contribution is -2.14. The lowest BCUT2D eigenvalue weighted by molar-refractivity contribution is 0.666. The van der Waals surface area contributed by atoms with Gasteiger partial charge in [0.2, 0.25) is 0 Å². The van der Waals surface area contributed by atoms with Gasteiger partial charge in [-0.1, -0.05) is 175 Å². The molecule has 0 aliphatic carbocycles. The molecular weight excluding hydrogens is 695 g/mol. The van der Waals surface area contributed by atoms with Crippen molar-refractivity contribution in [1.29, 1.82) is 0 Å². The summed E-state index contributed by atoms with van der Waals surface area (Å²) in [5, 5.41) is 9.83. The lowest BCUT2D eigenvalue weighted by Gasteiger charge is -2.37. The number of furan rings is 1. The monoisotopic (exact) mass is 730 g/mol. The second kappa shape index (κ2) is 13.4. The molecule has 0 radical (unpaired) electrons. The first-order chi connectivity index (χ1) is 28.2. The van der Waals surface area contributed by atoms with Gasteiger partial charge in [-0.3, -0.25) is 0 Å². The Morgan fingerprint density at radius 3 is 1.82 bits per heavy atom. The van der Waals surface area contributed by atoms with Crippen molar-refractivity contribution in [2.75, 3.05) is 0 Å². The zero-order valence-electron chi connectivity index (χ0n) is 31.3. The van der Waals surface area contributed by atoms with Crippen LogP contribution in [0.2, 0.25) is 0 Å². The van der Waals surface area contributed by atoms with Gasteiger partial charge in [-0.2, -0.15) is 0 Å². The van der Waals surface area contributed by atoms with Crippen molar-refractivity contribution in [3.63, 3.8) is 0 Å². The van der Waals surface area contributed by atoms with Gasteiger partial charge < -0.3 is 19.3 Å². The zero-order chi connectivity index (χ0) is 37.9. The number of benzene rings is 8. The number of nitrogens with zero attached hydrogens (tertiary/aromatic N) is 3. The van der Waals surface area contributed by atoms with E-state index in [2.05, 4.69) is 193 Å². The fourth-order valence-corrected chi connectivity index (χ4v) is 8.55. The molecule has 0 N–H and O–H groups in total. The smallest absolute Gasteiger partial charge is 0.159 e. The van der Waals surface area contributed by atoms with Gasteiger partial charge in [0, 0.05) is 27.6 Å². The van der Waals surface area contributed by atoms with E-state index in [0.717, 1.165) is 83.6 Å². The van der Waals surface area contributed by atoms with E-state index in [1.54, 1.807) is 0 Å². The third kappa shape index (κ3) is 5.57. The maximum Gasteiger partial charge on any atom is 0.159 e. The Morgan fingerprint density at radius 2 is 1.05 bits per heavy atom. The number of aromatic nitrogens is 1. The summed E-state index contributed by atoms with van der Waals surface area (Å²) in [6.45, 7) is 2.15. The van der Waals surface area contributed by atoms with Crippen LogP contribution in [0.5, 0.6) is 0 Å². The predicted molar refractivity (Wildman–Crippen MR) is 237 cm³/mol. The molecule has 11 rings (SSSR count). The molecule has 4 nitrogen and oxygen atoms in total. The molecule has 57 heavy (non-hydrogen) atoms. The summed E-state index contributed by atoms with van der Waals surface area (Å²) in [5.74, 6) is 0.737. The Hall–Kier alpha value is -7.43. The van der Waals surface area contributed by atoms with Crippen LogP contribution in [-0.2, 0) is 0 Å². The minimum atomic E-state index is -0.109. The molecule has 10 aromatic rings. The Labute approximate surface area is 330 Å². The maximum atomic E-state index is 6.86. The van der Waals surface area contributed by atoms with E-state index in [1.807, 2.05) is 12.1 Å². The average molecular weight is 731 g/mol. The van der Waals surface area contributed by atoms with Gasteiger partial charge in [-0.25, -0.2) is 0 Å². The fourth-order valence-electron chi connectivity index (χ4n) is 8.55. The van der Waals surface area contributed by atoms with Gasteiger partial charge in [0.05, 0.1) is 16.7 Å². The number of para-hydroxylation sites is 2. The Balaban J connectivity index is 0.982. The molecule has 1 aliphatic heterocycles. The van der Waals surface area contributed by atoms with E-state index in [1.165, 1.54) is 21.9 Å². The molecule has 0 fully saturated rings. The molecule has 0 bridgehead atoms. The molecule has 1 aliphatic rings. The highest BCUT2D eigenvalue weighted by molar-refractivity contribution is 6.14. The van der Waals surface area contributed by atoms with Crippen LogP contribution in [0.25, 0.3) is 82.7 Å². The predicted octanol–water partition coefficient (Wildman–Crippen LogP) is 14.3. The lowest BCUT2D eigenvalue weighted by atomic mass is 9.93. The second-order valence-electron chi connectivity index (χ2n) is 14.8. The number of amidine groups is 1. The van der Waals surface area contributed by atoms with Crippen LogP contribution in [0.15, 0.2) is 209 Å². The largest absolute Gasteiger partial charge is 0.454 e. The summed E-state index contributed by atoms with van der Waals surface area (Å²) in [4.78, 5) is 5.15. The molecule has 0 spiro atoms. The van der Waals surface area contributed by atoms with Crippen LogP contribution in [-0.4, -0.2) is 10.4 Å². The van der Waals surface area contributed by atoms with Gasteiger partial charge in [-0.15, -0.1) is 0 Å². The van der Waals surface area contributed by atoms with Crippen molar-refractivity contribution in [2.45, 2.75) is 13.0 Å². The Bertz CT molecular complexity index is 3190. The zero-order valence-corrected chi connectivity index (χ0v) is 31.3. The van der Waals surface area contributed by atoms with Crippen molar-refractivity contribution in [3.8, 4) is 27.9 Å². The standard InChI is InChI=1S/C53H36N3O/c1-34-50(37-16-7-3-8-17-37)54-53(55-51(34)38-18-9-4-10-19-38)39-26-24-36(25-27-39)41-29-31-44-45-21-13-23-47(52(45)57-49(44)33-41)56-46-22-12-11-20-42(46)43-30-28-40(32-48(43)56)35-14-5-2-6-15-35/h2-33,50H,1H3/q-1. The first-order valence-electron chi connectivity index (χ1n) is 19.4. The van der Waals surface area contributed by atoms with Crippen LogP contribution >= 0.6 is 0 Å². The SMILES string of the molecule is CC1=C(c2ccccc2)N=C(c2ccc(-c3ccc4c(c3)oc3c(-n5c6ccccc6c6ccc(-c7ccccc7)cc65)cccc34)cc2)[N-]C1c1ccccc1. The minimum Gasteiger partial charge on any atom is -0.454 e. The Morgan fingerprint density at radius 1 is 0.474 bits per heavy atom. The molecule has 0 amide bonds. The van der Waals surface area contributed by atoms with Gasteiger partial charge in [0.15, 0.2) is 5.58 Å². The molecule has 1 unspecified atom stereocenters. The van der Waals surface area contributed by atoms with Crippen LogP contribution in [0.4, 0.5) is 0 Å². The minimum absolute atomic E-state index is 0.109. The van der Waals surface area contributed by atoms with Crippen molar-refractivity contribution >= 4 is 55.3 Å². The highest BCUT2D eigenvalue weighted by Crippen LogP contribution is 2.42.